The van der Waals surface area contributed by atoms with Gasteiger partial charge in [-0.2, -0.15) is 5.26 Å². The summed E-state index contributed by atoms with van der Waals surface area (Å²) >= 11 is 0. The highest BCUT2D eigenvalue weighted by Crippen LogP contribution is 2.43. The first-order valence-electron chi connectivity index (χ1n) is 7.87. The molecule has 1 aromatic rings. The van der Waals surface area contributed by atoms with Gasteiger partial charge in [-0.1, -0.05) is 22.9 Å². The van der Waals surface area contributed by atoms with Crippen LogP contribution in [0.3, 0.4) is 0 Å². The highest BCUT2D eigenvalue weighted by atomic mass is 16.7. The lowest BCUT2D eigenvalue weighted by Crippen LogP contribution is -2.43. The highest BCUT2D eigenvalue weighted by Gasteiger charge is 2.64. The maximum Gasteiger partial charge on any atom is 0.356 e. The molecular weight excluding hydrogens is 324 g/mol. The predicted molar refractivity (Wildman–Crippen MR) is 86.6 cm³/mol. The number of carbonyl (C=O) groups is 2. The van der Waals surface area contributed by atoms with Crippen molar-refractivity contribution in [3.05, 3.63) is 34.4 Å². The second-order valence-electron chi connectivity index (χ2n) is 6.41. The molecule has 1 saturated heterocycles. The molecule has 2 heterocycles. The Kier molecular flexibility index (Phi) is 3.99. The largest absolute Gasteiger partial charge is 0.466 e. The van der Waals surface area contributed by atoms with Crippen molar-refractivity contribution >= 4 is 17.7 Å². The van der Waals surface area contributed by atoms with Gasteiger partial charge in [-0.05, 0) is 31.9 Å². The van der Waals surface area contributed by atoms with Crippen molar-refractivity contribution < 1.29 is 23.9 Å². The molecule has 0 saturated carbocycles. The number of hydrogen-bond donors (Lipinski definition) is 0. The summed E-state index contributed by atoms with van der Waals surface area (Å²) in [5.74, 6) is -2.41. The van der Waals surface area contributed by atoms with Crippen molar-refractivity contribution in [1.29, 1.82) is 5.26 Å². The molecule has 7 nitrogen and oxygen atoms in total. The lowest BCUT2D eigenvalue weighted by Gasteiger charge is -2.20. The van der Waals surface area contributed by atoms with Crippen molar-refractivity contribution in [3.63, 3.8) is 0 Å². The average Bonchev–Trinajstić information content (AvgIpc) is 3.07. The number of hydrogen-bond acceptors (Lipinski definition) is 7. The lowest BCUT2D eigenvalue weighted by atomic mass is 9.79. The van der Waals surface area contributed by atoms with Crippen molar-refractivity contribution in [2.24, 2.45) is 11.1 Å². The van der Waals surface area contributed by atoms with E-state index in [1.54, 1.807) is 0 Å². The maximum atomic E-state index is 12.4. The van der Waals surface area contributed by atoms with Gasteiger partial charge in [-0.15, -0.1) is 0 Å². The highest BCUT2D eigenvalue weighted by molar-refractivity contribution is 6.10. The van der Waals surface area contributed by atoms with Crippen LogP contribution in [0.25, 0.3) is 0 Å². The molecule has 1 spiro atoms. The van der Waals surface area contributed by atoms with Crippen LogP contribution in [0.15, 0.2) is 17.3 Å². The normalized spacial score (nSPS) is 27.5. The van der Waals surface area contributed by atoms with Gasteiger partial charge in [0.2, 0.25) is 6.10 Å². The summed E-state index contributed by atoms with van der Waals surface area (Å²) in [5, 5.41) is 13.8. The smallest absolute Gasteiger partial charge is 0.356 e. The number of ether oxygens (including phenoxy) is 2. The number of oxime groups is 1. The summed E-state index contributed by atoms with van der Waals surface area (Å²) in [4.78, 5) is 29.6. The summed E-state index contributed by atoms with van der Waals surface area (Å²) in [6.45, 7) is 5.82. The molecule has 0 aliphatic carbocycles. The standard InChI is InChI=1S/C18H18N2O5/c1-9-5-10(2)14(11(3)6-9)15-12(8-19)18(25-20-15)7-13(16(21)23-4)24-17(18)22/h5-6,12-13H,7H2,1-4H3/t12-,13-,18-/m1/s1. The second kappa shape index (κ2) is 5.88. The second-order valence-corrected chi connectivity index (χ2v) is 6.41. The maximum absolute atomic E-state index is 12.4. The van der Waals surface area contributed by atoms with Gasteiger partial charge in [0.05, 0.1) is 19.6 Å². The minimum Gasteiger partial charge on any atom is -0.466 e. The fourth-order valence-electron chi connectivity index (χ4n) is 3.60. The van der Waals surface area contributed by atoms with Crippen molar-refractivity contribution in [1.82, 2.24) is 0 Å². The molecule has 3 rings (SSSR count). The van der Waals surface area contributed by atoms with Crippen LogP contribution in [0.5, 0.6) is 0 Å². The van der Waals surface area contributed by atoms with E-state index in [1.807, 2.05) is 32.9 Å². The van der Waals surface area contributed by atoms with Crippen LogP contribution in [0.4, 0.5) is 0 Å². The number of rotatable bonds is 2. The molecule has 2 aliphatic heterocycles. The number of esters is 2. The summed E-state index contributed by atoms with van der Waals surface area (Å²) < 4.78 is 9.71. The van der Waals surface area contributed by atoms with E-state index in [-0.39, 0.29) is 6.42 Å². The van der Waals surface area contributed by atoms with Gasteiger partial charge in [0, 0.05) is 5.56 Å². The van der Waals surface area contributed by atoms with Crippen LogP contribution >= 0.6 is 0 Å². The predicted octanol–water partition coefficient (Wildman–Crippen LogP) is 1.71. The van der Waals surface area contributed by atoms with Crippen LogP contribution in [0.1, 0.15) is 28.7 Å². The molecule has 3 atom stereocenters. The van der Waals surface area contributed by atoms with E-state index in [9.17, 15) is 14.9 Å². The van der Waals surface area contributed by atoms with E-state index in [1.165, 1.54) is 7.11 Å². The molecular formula is C18H18N2O5. The quantitative estimate of drug-likeness (QED) is 0.759. The Bertz CT molecular complexity index is 815. The first-order valence-corrected chi connectivity index (χ1v) is 7.87. The third-order valence-electron chi connectivity index (χ3n) is 4.66. The van der Waals surface area contributed by atoms with Gasteiger partial charge in [0.25, 0.3) is 5.60 Å². The Balaban J connectivity index is 2.01. The van der Waals surface area contributed by atoms with Gasteiger partial charge in [0.1, 0.15) is 11.6 Å². The van der Waals surface area contributed by atoms with Crippen LogP contribution in [-0.2, 0) is 23.9 Å². The molecule has 0 bridgehead atoms. The zero-order valence-corrected chi connectivity index (χ0v) is 14.5. The third kappa shape index (κ3) is 2.45. The third-order valence-corrected chi connectivity index (χ3v) is 4.66. The number of methoxy groups -OCH3 is 1. The lowest BCUT2D eigenvalue weighted by molar-refractivity contribution is -0.165. The molecule has 7 heteroatoms. The van der Waals surface area contributed by atoms with E-state index in [2.05, 4.69) is 16.0 Å². The summed E-state index contributed by atoms with van der Waals surface area (Å²) in [7, 11) is 1.21. The number of benzene rings is 1. The zero-order chi connectivity index (χ0) is 18.4. The molecule has 0 aromatic heterocycles. The van der Waals surface area contributed by atoms with E-state index < -0.39 is 29.6 Å². The Morgan fingerprint density at radius 1 is 1.36 bits per heavy atom. The molecule has 0 radical (unpaired) electrons. The van der Waals surface area contributed by atoms with Gasteiger partial charge in [0.15, 0.2) is 0 Å². The molecule has 130 valence electrons. The summed E-state index contributed by atoms with van der Waals surface area (Å²) in [5.41, 5.74) is 2.53. The van der Waals surface area contributed by atoms with Gasteiger partial charge in [-0.25, -0.2) is 9.59 Å². The molecule has 0 unspecified atom stereocenters. The van der Waals surface area contributed by atoms with E-state index >= 15 is 0 Å². The number of carbonyl (C=O) groups excluding carboxylic acids is 2. The van der Waals surface area contributed by atoms with Crippen molar-refractivity contribution in [2.75, 3.05) is 7.11 Å². The molecule has 0 N–H and O–H groups in total. The van der Waals surface area contributed by atoms with Crippen LogP contribution in [0.2, 0.25) is 0 Å². The molecule has 25 heavy (non-hydrogen) atoms. The SMILES string of the molecule is COC(=O)[C@H]1C[C@]2(ON=C(c3c(C)cc(C)cc3C)[C@H]2C#N)C(=O)O1. The topological polar surface area (TPSA) is 98.0 Å². The fraction of sp³-hybridized carbons (Fsp3) is 0.444. The summed E-state index contributed by atoms with van der Waals surface area (Å²) in [6, 6.07) is 6.07. The minimum absolute atomic E-state index is 0.103. The van der Waals surface area contributed by atoms with E-state index in [4.69, 9.17) is 9.57 Å². The van der Waals surface area contributed by atoms with Crippen molar-refractivity contribution in [3.8, 4) is 6.07 Å². The first-order chi connectivity index (χ1) is 11.8. The number of cyclic esters (lactones) is 1. The number of nitriles is 1. The molecule has 2 aliphatic rings. The minimum atomic E-state index is -1.60. The number of aryl methyl sites for hydroxylation is 3. The van der Waals surface area contributed by atoms with E-state index in [0.717, 1.165) is 22.3 Å². The van der Waals surface area contributed by atoms with Gasteiger partial charge in [-0.3, -0.25) is 0 Å². The zero-order valence-electron chi connectivity index (χ0n) is 14.5. The van der Waals surface area contributed by atoms with E-state index in [0.29, 0.717) is 5.71 Å². The molecule has 0 amide bonds. The van der Waals surface area contributed by atoms with Crippen LogP contribution in [0, 0.1) is 38.0 Å². The molecule has 1 fully saturated rings. The Labute approximate surface area is 145 Å². The Hall–Kier alpha value is -2.88. The van der Waals surface area contributed by atoms with Crippen LogP contribution in [-0.4, -0.2) is 36.5 Å². The Morgan fingerprint density at radius 3 is 2.56 bits per heavy atom. The average molecular weight is 342 g/mol. The molecule has 1 aromatic carbocycles. The monoisotopic (exact) mass is 342 g/mol. The summed E-state index contributed by atoms with van der Waals surface area (Å²) in [6.07, 6.45) is -1.20. The van der Waals surface area contributed by atoms with Crippen LogP contribution < -0.4 is 0 Å². The van der Waals surface area contributed by atoms with Crippen molar-refractivity contribution in [2.45, 2.75) is 38.9 Å². The number of nitrogens with zero attached hydrogens (tertiary/aromatic N) is 2. The van der Waals surface area contributed by atoms with Gasteiger partial charge < -0.3 is 14.3 Å². The van der Waals surface area contributed by atoms with Gasteiger partial charge >= 0.3 is 11.9 Å². The first kappa shape index (κ1) is 17.0. The fourth-order valence-corrected chi connectivity index (χ4v) is 3.60. The Morgan fingerprint density at radius 2 is 2.00 bits per heavy atom.